The highest BCUT2D eigenvalue weighted by Gasteiger charge is 2.06. The first kappa shape index (κ1) is 9.68. The average molecular weight is 232 g/mol. The molecule has 0 aliphatic rings. The first-order chi connectivity index (χ1) is 5.65. The summed E-state index contributed by atoms with van der Waals surface area (Å²) in [5.74, 6) is -0.214. The molecule has 0 aliphatic heterocycles. The van der Waals surface area contributed by atoms with E-state index in [4.69, 9.17) is 0 Å². The number of hydrogen-bond acceptors (Lipinski definition) is 1. The molecule has 3 heteroatoms. The van der Waals surface area contributed by atoms with Crippen molar-refractivity contribution >= 4 is 15.9 Å². The standard InChI is InChI=1S/C9H11BrFN/c1-6(12-2)8-4-3-7(11)5-9(8)10/h3-6,12H,1-2H3. The van der Waals surface area contributed by atoms with Gasteiger partial charge in [0.05, 0.1) is 0 Å². The maximum Gasteiger partial charge on any atom is 0.124 e. The quantitative estimate of drug-likeness (QED) is 0.826. The highest BCUT2D eigenvalue weighted by Crippen LogP contribution is 2.23. The molecule has 12 heavy (non-hydrogen) atoms. The SMILES string of the molecule is CNC(C)c1ccc(F)cc1Br. The Bertz CT molecular complexity index is 275. The van der Waals surface area contributed by atoms with Crippen molar-refractivity contribution < 1.29 is 4.39 Å². The Hall–Kier alpha value is -0.410. The average Bonchev–Trinajstić information content (AvgIpc) is 2.03. The molecule has 1 rings (SSSR count). The third-order valence-corrected chi connectivity index (χ3v) is 2.55. The summed E-state index contributed by atoms with van der Waals surface area (Å²) in [5.41, 5.74) is 1.07. The van der Waals surface area contributed by atoms with Crippen molar-refractivity contribution in [3.8, 4) is 0 Å². The summed E-state index contributed by atoms with van der Waals surface area (Å²) < 4.78 is 13.5. The summed E-state index contributed by atoms with van der Waals surface area (Å²) in [5, 5.41) is 3.09. The molecule has 0 spiro atoms. The minimum atomic E-state index is -0.214. The van der Waals surface area contributed by atoms with Gasteiger partial charge in [0.25, 0.3) is 0 Å². The molecule has 1 nitrogen and oxygen atoms in total. The van der Waals surface area contributed by atoms with Crippen LogP contribution in [0.5, 0.6) is 0 Å². The van der Waals surface area contributed by atoms with Crippen molar-refractivity contribution in [1.82, 2.24) is 5.32 Å². The van der Waals surface area contributed by atoms with Crippen molar-refractivity contribution in [1.29, 1.82) is 0 Å². The molecule has 0 aliphatic carbocycles. The Kier molecular flexibility index (Phi) is 3.23. The van der Waals surface area contributed by atoms with Crippen LogP contribution < -0.4 is 5.32 Å². The zero-order valence-electron chi connectivity index (χ0n) is 7.07. The Morgan fingerprint density at radius 1 is 1.50 bits per heavy atom. The van der Waals surface area contributed by atoms with Gasteiger partial charge in [-0.25, -0.2) is 4.39 Å². The van der Waals surface area contributed by atoms with Crippen LogP contribution in [0.4, 0.5) is 4.39 Å². The highest BCUT2D eigenvalue weighted by atomic mass is 79.9. The van der Waals surface area contributed by atoms with E-state index >= 15 is 0 Å². The van der Waals surface area contributed by atoms with Gasteiger partial charge in [0.15, 0.2) is 0 Å². The molecule has 1 aromatic carbocycles. The van der Waals surface area contributed by atoms with E-state index in [-0.39, 0.29) is 11.9 Å². The topological polar surface area (TPSA) is 12.0 Å². The second kappa shape index (κ2) is 4.01. The molecule has 1 N–H and O–H groups in total. The molecule has 0 amide bonds. The number of benzene rings is 1. The van der Waals surface area contributed by atoms with Gasteiger partial charge in [-0.05, 0) is 31.7 Å². The van der Waals surface area contributed by atoms with Gasteiger partial charge < -0.3 is 5.32 Å². The lowest BCUT2D eigenvalue weighted by Gasteiger charge is -2.12. The van der Waals surface area contributed by atoms with Crippen LogP contribution in [0.2, 0.25) is 0 Å². The second-order valence-corrected chi connectivity index (χ2v) is 3.53. The maximum absolute atomic E-state index is 12.7. The van der Waals surface area contributed by atoms with Crippen LogP contribution in [-0.4, -0.2) is 7.05 Å². The maximum atomic E-state index is 12.7. The highest BCUT2D eigenvalue weighted by molar-refractivity contribution is 9.10. The lowest BCUT2D eigenvalue weighted by atomic mass is 10.1. The van der Waals surface area contributed by atoms with Crippen LogP contribution in [0.25, 0.3) is 0 Å². The van der Waals surface area contributed by atoms with Gasteiger partial charge in [-0.2, -0.15) is 0 Å². The fourth-order valence-corrected chi connectivity index (χ4v) is 1.70. The largest absolute Gasteiger partial charge is 0.313 e. The molecular formula is C9H11BrFN. The smallest absolute Gasteiger partial charge is 0.124 e. The molecule has 0 saturated carbocycles. The third-order valence-electron chi connectivity index (χ3n) is 1.86. The van der Waals surface area contributed by atoms with Crippen molar-refractivity contribution in [2.45, 2.75) is 13.0 Å². The van der Waals surface area contributed by atoms with E-state index < -0.39 is 0 Å². The summed E-state index contributed by atoms with van der Waals surface area (Å²) in [4.78, 5) is 0. The first-order valence-corrected chi connectivity index (χ1v) is 4.56. The van der Waals surface area contributed by atoms with Crippen LogP contribution in [0, 0.1) is 5.82 Å². The first-order valence-electron chi connectivity index (χ1n) is 3.77. The Labute approximate surface area is 80.1 Å². The molecule has 1 atom stereocenters. The van der Waals surface area contributed by atoms with Crippen molar-refractivity contribution in [2.24, 2.45) is 0 Å². The summed E-state index contributed by atoms with van der Waals surface area (Å²) in [6.45, 7) is 2.03. The molecule has 66 valence electrons. The second-order valence-electron chi connectivity index (χ2n) is 2.68. The Morgan fingerprint density at radius 3 is 2.67 bits per heavy atom. The fourth-order valence-electron chi connectivity index (χ4n) is 1.01. The van der Waals surface area contributed by atoms with E-state index in [1.54, 1.807) is 6.07 Å². The zero-order chi connectivity index (χ0) is 9.14. The third kappa shape index (κ3) is 2.05. The summed E-state index contributed by atoms with van der Waals surface area (Å²) >= 11 is 3.31. The van der Waals surface area contributed by atoms with Crippen LogP contribution in [0.1, 0.15) is 18.5 Å². The van der Waals surface area contributed by atoms with Crippen LogP contribution in [0.3, 0.4) is 0 Å². The molecule has 1 aromatic rings. The summed E-state index contributed by atoms with van der Waals surface area (Å²) in [6.07, 6.45) is 0. The predicted molar refractivity (Wildman–Crippen MR) is 51.6 cm³/mol. The molecule has 0 aromatic heterocycles. The van der Waals surface area contributed by atoms with Crippen molar-refractivity contribution in [3.05, 3.63) is 34.1 Å². The molecule has 0 bridgehead atoms. The van der Waals surface area contributed by atoms with E-state index in [1.807, 2.05) is 14.0 Å². The minimum absolute atomic E-state index is 0.214. The Morgan fingerprint density at radius 2 is 2.17 bits per heavy atom. The van der Waals surface area contributed by atoms with Gasteiger partial charge in [0.2, 0.25) is 0 Å². The summed E-state index contributed by atoms with van der Waals surface area (Å²) in [6, 6.07) is 4.96. The molecule has 0 saturated heterocycles. The van der Waals surface area contributed by atoms with E-state index in [9.17, 15) is 4.39 Å². The number of halogens is 2. The van der Waals surface area contributed by atoms with Gasteiger partial charge in [-0.3, -0.25) is 0 Å². The molecule has 1 unspecified atom stereocenters. The van der Waals surface area contributed by atoms with Gasteiger partial charge in [-0.1, -0.05) is 22.0 Å². The Balaban J connectivity index is 3.01. The molecule has 0 heterocycles. The van der Waals surface area contributed by atoms with Crippen LogP contribution in [0.15, 0.2) is 22.7 Å². The monoisotopic (exact) mass is 231 g/mol. The minimum Gasteiger partial charge on any atom is -0.313 e. The predicted octanol–water partition coefficient (Wildman–Crippen LogP) is 2.87. The van der Waals surface area contributed by atoms with E-state index in [0.717, 1.165) is 10.0 Å². The van der Waals surface area contributed by atoms with Gasteiger partial charge in [0, 0.05) is 10.5 Å². The summed E-state index contributed by atoms with van der Waals surface area (Å²) in [7, 11) is 1.88. The van der Waals surface area contributed by atoms with E-state index in [2.05, 4.69) is 21.2 Å². The van der Waals surface area contributed by atoms with E-state index in [1.165, 1.54) is 12.1 Å². The van der Waals surface area contributed by atoms with Gasteiger partial charge in [-0.15, -0.1) is 0 Å². The number of hydrogen-bond donors (Lipinski definition) is 1. The zero-order valence-corrected chi connectivity index (χ0v) is 8.65. The van der Waals surface area contributed by atoms with Crippen LogP contribution in [-0.2, 0) is 0 Å². The normalized spacial score (nSPS) is 13.0. The number of nitrogens with one attached hydrogen (secondary N) is 1. The molecule has 0 fully saturated rings. The fraction of sp³-hybridized carbons (Fsp3) is 0.333. The number of rotatable bonds is 2. The van der Waals surface area contributed by atoms with Crippen molar-refractivity contribution in [2.75, 3.05) is 7.05 Å². The van der Waals surface area contributed by atoms with E-state index in [0.29, 0.717) is 0 Å². The van der Waals surface area contributed by atoms with Gasteiger partial charge >= 0.3 is 0 Å². The lowest BCUT2D eigenvalue weighted by molar-refractivity contribution is 0.616. The lowest BCUT2D eigenvalue weighted by Crippen LogP contribution is -2.12. The van der Waals surface area contributed by atoms with Crippen molar-refractivity contribution in [3.63, 3.8) is 0 Å². The van der Waals surface area contributed by atoms with Gasteiger partial charge in [0.1, 0.15) is 5.82 Å². The molecular weight excluding hydrogens is 221 g/mol. The molecule has 0 radical (unpaired) electrons. The van der Waals surface area contributed by atoms with Crippen LogP contribution >= 0.6 is 15.9 Å².